The zero-order chi connectivity index (χ0) is 25.9. The van der Waals surface area contributed by atoms with E-state index in [1.165, 1.54) is 0 Å². The van der Waals surface area contributed by atoms with Crippen molar-refractivity contribution in [2.24, 2.45) is 0 Å². The molecule has 0 aliphatic rings. The Morgan fingerprint density at radius 1 is 0.944 bits per heavy atom. The zero-order valence-electron chi connectivity index (χ0n) is 20.7. The van der Waals surface area contributed by atoms with Crippen LogP contribution in [0.5, 0.6) is 5.75 Å². The lowest BCUT2D eigenvalue weighted by atomic mass is 10.0. The van der Waals surface area contributed by atoms with E-state index in [1.54, 1.807) is 17.0 Å². The molecule has 3 rings (SSSR count). The standard InChI is InChI=1S/C29H32Cl2N2O3/c1-3-4-15-32-29(35)27(18-22-10-6-5-7-11-22)33(19-23-13-14-25(30)26(31)17-23)28(34)20-36-24-12-8-9-21(2)16-24/h5-14,16-17,27H,3-4,15,18-20H2,1-2H3,(H,32,35). The molecule has 1 N–H and O–H groups in total. The molecule has 0 aliphatic heterocycles. The summed E-state index contributed by atoms with van der Waals surface area (Å²) in [6.45, 7) is 4.57. The van der Waals surface area contributed by atoms with Crippen LogP contribution in [0.3, 0.4) is 0 Å². The molecule has 0 aromatic heterocycles. The normalized spacial score (nSPS) is 11.6. The molecule has 0 saturated heterocycles. The highest BCUT2D eigenvalue weighted by Gasteiger charge is 2.30. The number of hydrogen-bond donors (Lipinski definition) is 1. The fourth-order valence-corrected chi connectivity index (χ4v) is 4.15. The highest BCUT2D eigenvalue weighted by atomic mass is 35.5. The molecule has 1 unspecified atom stereocenters. The summed E-state index contributed by atoms with van der Waals surface area (Å²) in [5.41, 5.74) is 2.76. The molecule has 5 nitrogen and oxygen atoms in total. The van der Waals surface area contributed by atoms with Gasteiger partial charge in [-0.15, -0.1) is 0 Å². The van der Waals surface area contributed by atoms with Crippen LogP contribution in [-0.2, 0) is 22.6 Å². The number of halogens is 2. The molecule has 0 saturated carbocycles. The van der Waals surface area contributed by atoms with E-state index < -0.39 is 6.04 Å². The van der Waals surface area contributed by atoms with Gasteiger partial charge in [0.1, 0.15) is 11.8 Å². The number of nitrogens with one attached hydrogen (secondary N) is 1. The average Bonchev–Trinajstić information content (AvgIpc) is 2.87. The van der Waals surface area contributed by atoms with Gasteiger partial charge in [-0.1, -0.05) is 85.1 Å². The molecule has 2 amide bonds. The van der Waals surface area contributed by atoms with Crippen LogP contribution in [0.15, 0.2) is 72.8 Å². The van der Waals surface area contributed by atoms with Crippen LogP contribution in [0, 0.1) is 6.92 Å². The fraction of sp³-hybridized carbons (Fsp3) is 0.310. The molecule has 3 aromatic carbocycles. The summed E-state index contributed by atoms with van der Waals surface area (Å²) in [5, 5.41) is 3.83. The predicted molar refractivity (Wildman–Crippen MR) is 146 cm³/mol. The van der Waals surface area contributed by atoms with E-state index in [-0.39, 0.29) is 25.0 Å². The first kappa shape index (κ1) is 27.6. The molecule has 1 atom stereocenters. The van der Waals surface area contributed by atoms with Gasteiger partial charge in [0.25, 0.3) is 5.91 Å². The van der Waals surface area contributed by atoms with Crippen molar-refractivity contribution in [1.29, 1.82) is 0 Å². The van der Waals surface area contributed by atoms with Crippen LogP contribution in [0.1, 0.15) is 36.5 Å². The third kappa shape index (κ3) is 8.28. The van der Waals surface area contributed by atoms with Gasteiger partial charge in [-0.05, 0) is 54.3 Å². The van der Waals surface area contributed by atoms with E-state index >= 15 is 0 Å². The first-order chi connectivity index (χ1) is 17.4. The Morgan fingerprint density at radius 2 is 1.72 bits per heavy atom. The van der Waals surface area contributed by atoms with Crippen molar-refractivity contribution in [1.82, 2.24) is 10.2 Å². The molecule has 3 aromatic rings. The Bertz CT molecular complexity index is 1150. The maximum atomic E-state index is 13.6. The Labute approximate surface area is 223 Å². The van der Waals surface area contributed by atoms with Crippen LogP contribution < -0.4 is 10.1 Å². The summed E-state index contributed by atoms with van der Waals surface area (Å²) in [7, 11) is 0. The van der Waals surface area contributed by atoms with E-state index in [2.05, 4.69) is 12.2 Å². The number of aryl methyl sites for hydroxylation is 1. The lowest BCUT2D eigenvalue weighted by molar-refractivity contribution is -0.142. The second-order valence-electron chi connectivity index (χ2n) is 8.73. The largest absolute Gasteiger partial charge is 0.484 e. The number of hydrogen-bond acceptors (Lipinski definition) is 3. The Morgan fingerprint density at radius 3 is 2.42 bits per heavy atom. The summed E-state index contributed by atoms with van der Waals surface area (Å²) in [5.74, 6) is 0.107. The number of rotatable bonds is 12. The van der Waals surface area contributed by atoms with E-state index in [9.17, 15) is 9.59 Å². The van der Waals surface area contributed by atoms with Crippen molar-refractivity contribution in [2.45, 2.75) is 45.7 Å². The van der Waals surface area contributed by atoms with Crippen LogP contribution in [-0.4, -0.2) is 35.9 Å². The van der Waals surface area contributed by atoms with Gasteiger partial charge in [0, 0.05) is 19.5 Å². The van der Waals surface area contributed by atoms with Gasteiger partial charge in [0.05, 0.1) is 10.0 Å². The maximum Gasteiger partial charge on any atom is 0.261 e. The van der Waals surface area contributed by atoms with Crippen LogP contribution in [0.25, 0.3) is 0 Å². The molecule has 0 fully saturated rings. The monoisotopic (exact) mass is 526 g/mol. The van der Waals surface area contributed by atoms with Gasteiger partial charge in [-0.3, -0.25) is 9.59 Å². The molecule has 190 valence electrons. The summed E-state index contributed by atoms with van der Waals surface area (Å²) in [4.78, 5) is 28.6. The average molecular weight is 527 g/mol. The number of carbonyl (C=O) groups excluding carboxylic acids is 2. The SMILES string of the molecule is CCCCNC(=O)C(Cc1ccccc1)N(Cc1ccc(Cl)c(Cl)c1)C(=O)COc1cccc(C)c1. The third-order valence-electron chi connectivity index (χ3n) is 5.79. The molecule has 0 bridgehead atoms. The second-order valence-corrected chi connectivity index (χ2v) is 9.54. The number of carbonyl (C=O) groups is 2. The van der Waals surface area contributed by atoms with Gasteiger partial charge in [-0.25, -0.2) is 0 Å². The van der Waals surface area contributed by atoms with Gasteiger partial charge in [-0.2, -0.15) is 0 Å². The van der Waals surface area contributed by atoms with Gasteiger partial charge < -0.3 is 15.0 Å². The highest BCUT2D eigenvalue weighted by Crippen LogP contribution is 2.24. The molecule has 0 spiro atoms. The molecular formula is C29H32Cl2N2O3. The Kier molecular flexibility index (Phi) is 10.6. The molecule has 36 heavy (non-hydrogen) atoms. The number of benzene rings is 3. The third-order valence-corrected chi connectivity index (χ3v) is 6.53. The lowest BCUT2D eigenvalue weighted by Gasteiger charge is -2.31. The predicted octanol–water partition coefficient (Wildman–Crippen LogP) is 6.24. The topological polar surface area (TPSA) is 58.6 Å². The highest BCUT2D eigenvalue weighted by molar-refractivity contribution is 6.42. The van der Waals surface area contributed by atoms with Gasteiger partial charge in [0.2, 0.25) is 5.91 Å². The van der Waals surface area contributed by atoms with Crippen molar-refractivity contribution in [3.8, 4) is 5.75 Å². The van der Waals surface area contributed by atoms with E-state index in [4.69, 9.17) is 27.9 Å². The van der Waals surface area contributed by atoms with Gasteiger partial charge >= 0.3 is 0 Å². The van der Waals surface area contributed by atoms with Gasteiger partial charge in [0.15, 0.2) is 6.61 Å². The second kappa shape index (κ2) is 13.9. The van der Waals surface area contributed by atoms with Crippen molar-refractivity contribution >= 4 is 35.0 Å². The first-order valence-electron chi connectivity index (χ1n) is 12.1. The van der Waals surface area contributed by atoms with E-state index in [0.717, 1.165) is 29.5 Å². The zero-order valence-corrected chi connectivity index (χ0v) is 22.2. The summed E-state index contributed by atoms with van der Waals surface area (Å²) < 4.78 is 5.82. The minimum Gasteiger partial charge on any atom is -0.484 e. The van der Waals surface area contributed by atoms with Crippen LogP contribution >= 0.6 is 23.2 Å². The van der Waals surface area contributed by atoms with E-state index in [1.807, 2.05) is 67.6 Å². The Hall–Kier alpha value is -3.02. The molecule has 0 radical (unpaired) electrons. The van der Waals surface area contributed by atoms with Crippen molar-refractivity contribution in [3.05, 3.63) is 99.5 Å². The number of unbranched alkanes of at least 4 members (excludes halogenated alkanes) is 1. The minimum absolute atomic E-state index is 0.186. The van der Waals surface area contributed by atoms with Crippen LogP contribution in [0.2, 0.25) is 10.0 Å². The van der Waals surface area contributed by atoms with E-state index in [0.29, 0.717) is 28.8 Å². The lowest BCUT2D eigenvalue weighted by Crippen LogP contribution is -2.51. The number of nitrogens with zero attached hydrogens (tertiary/aromatic N) is 1. The Balaban J connectivity index is 1.90. The minimum atomic E-state index is -0.729. The summed E-state index contributed by atoms with van der Waals surface area (Å²) in [6, 6.07) is 21.7. The quantitative estimate of drug-likeness (QED) is 0.284. The molecule has 0 aliphatic carbocycles. The smallest absolute Gasteiger partial charge is 0.261 e. The van der Waals surface area contributed by atoms with Crippen molar-refractivity contribution in [3.63, 3.8) is 0 Å². The van der Waals surface area contributed by atoms with Crippen molar-refractivity contribution < 1.29 is 14.3 Å². The number of amides is 2. The fourth-order valence-electron chi connectivity index (χ4n) is 3.83. The first-order valence-corrected chi connectivity index (χ1v) is 12.9. The maximum absolute atomic E-state index is 13.6. The molecule has 0 heterocycles. The number of ether oxygens (including phenoxy) is 1. The molecule has 7 heteroatoms. The van der Waals surface area contributed by atoms with Crippen molar-refractivity contribution in [2.75, 3.05) is 13.2 Å². The summed E-state index contributed by atoms with van der Waals surface area (Å²) in [6.07, 6.45) is 2.19. The molecular weight excluding hydrogens is 495 g/mol. The van der Waals surface area contributed by atoms with Crippen LogP contribution in [0.4, 0.5) is 0 Å². The summed E-state index contributed by atoms with van der Waals surface area (Å²) >= 11 is 12.4.